The van der Waals surface area contributed by atoms with Crippen LogP contribution in [-0.2, 0) is 6.42 Å². The third kappa shape index (κ3) is 4.20. The molecule has 0 saturated heterocycles. The summed E-state index contributed by atoms with van der Waals surface area (Å²) in [4.78, 5) is 0. The van der Waals surface area contributed by atoms with Crippen LogP contribution in [0.15, 0.2) is 18.2 Å². The molecular formula is C17H25FO2. The van der Waals surface area contributed by atoms with E-state index in [9.17, 15) is 9.50 Å². The summed E-state index contributed by atoms with van der Waals surface area (Å²) >= 11 is 0. The first-order chi connectivity index (χ1) is 9.70. The summed E-state index contributed by atoms with van der Waals surface area (Å²) in [6.45, 7) is 0. The van der Waals surface area contributed by atoms with Crippen molar-refractivity contribution in [3.8, 4) is 5.75 Å². The molecule has 3 heteroatoms. The highest BCUT2D eigenvalue weighted by Gasteiger charge is 2.18. The van der Waals surface area contributed by atoms with Crippen LogP contribution < -0.4 is 4.74 Å². The number of hydrogen-bond donors (Lipinski definition) is 1. The standard InChI is InChI=1S/C17H25FO2/c1-20-16-10-6-9-14(17(16)18)12-15(19)11-13-7-4-2-3-5-8-13/h6,9-10,13,15,19H,2-5,7-8,11-12H2,1H3. The van der Waals surface area contributed by atoms with Gasteiger partial charge in [-0.15, -0.1) is 0 Å². The molecule has 1 atom stereocenters. The van der Waals surface area contributed by atoms with Crippen LogP contribution in [-0.4, -0.2) is 18.3 Å². The molecule has 2 rings (SSSR count). The predicted octanol–water partition coefficient (Wildman–Crippen LogP) is 4.10. The molecule has 1 aromatic rings. The second kappa shape index (κ2) is 7.63. The van der Waals surface area contributed by atoms with E-state index in [0.29, 0.717) is 17.9 Å². The lowest BCUT2D eigenvalue weighted by atomic mass is 9.91. The first-order valence-electron chi connectivity index (χ1n) is 7.70. The summed E-state index contributed by atoms with van der Waals surface area (Å²) < 4.78 is 19.0. The quantitative estimate of drug-likeness (QED) is 0.823. The molecule has 20 heavy (non-hydrogen) atoms. The van der Waals surface area contributed by atoms with Gasteiger partial charge in [0.2, 0.25) is 0 Å². The minimum absolute atomic E-state index is 0.254. The molecule has 1 aliphatic rings. The highest BCUT2D eigenvalue weighted by molar-refractivity contribution is 5.31. The summed E-state index contributed by atoms with van der Waals surface area (Å²) in [7, 11) is 1.46. The average Bonchev–Trinajstić information content (AvgIpc) is 2.70. The third-order valence-electron chi connectivity index (χ3n) is 4.30. The van der Waals surface area contributed by atoms with Crippen molar-refractivity contribution in [2.24, 2.45) is 5.92 Å². The number of hydrogen-bond acceptors (Lipinski definition) is 2. The zero-order valence-electron chi connectivity index (χ0n) is 12.3. The van der Waals surface area contributed by atoms with Gasteiger partial charge >= 0.3 is 0 Å². The van der Waals surface area contributed by atoms with Gasteiger partial charge in [-0.05, 0) is 24.0 Å². The highest BCUT2D eigenvalue weighted by Crippen LogP contribution is 2.28. The summed E-state index contributed by atoms with van der Waals surface area (Å²) in [5.41, 5.74) is 0.547. The van der Waals surface area contributed by atoms with E-state index in [1.165, 1.54) is 45.6 Å². The minimum atomic E-state index is -0.459. The first kappa shape index (κ1) is 15.3. The van der Waals surface area contributed by atoms with Crippen LogP contribution in [0.3, 0.4) is 0 Å². The van der Waals surface area contributed by atoms with Crippen LogP contribution >= 0.6 is 0 Å². The van der Waals surface area contributed by atoms with Gasteiger partial charge in [0.05, 0.1) is 13.2 Å². The van der Waals surface area contributed by atoms with Crippen LogP contribution in [0, 0.1) is 11.7 Å². The van der Waals surface area contributed by atoms with Gasteiger partial charge in [0.25, 0.3) is 0 Å². The van der Waals surface area contributed by atoms with E-state index in [-0.39, 0.29) is 11.6 Å². The second-order valence-electron chi connectivity index (χ2n) is 5.88. The molecule has 1 fully saturated rings. The second-order valence-corrected chi connectivity index (χ2v) is 5.88. The van der Waals surface area contributed by atoms with Gasteiger partial charge < -0.3 is 9.84 Å². The van der Waals surface area contributed by atoms with E-state index in [0.717, 1.165) is 6.42 Å². The fraction of sp³-hybridized carbons (Fsp3) is 0.647. The number of aliphatic hydroxyl groups is 1. The van der Waals surface area contributed by atoms with Crippen LogP contribution in [0.2, 0.25) is 0 Å². The Hall–Kier alpha value is -1.09. The van der Waals surface area contributed by atoms with Crippen LogP contribution in [0.4, 0.5) is 4.39 Å². The van der Waals surface area contributed by atoms with Crippen LogP contribution in [0.1, 0.15) is 50.5 Å². The Bertz CT molecular complexity index is 411. The van der Waals surface area contributed by atoms with Gasteiger partial charge in [0.1, 0.15) is 0 Å². The summed E-state index contributed by atoms with van der Waals surface area (Å²) in [5, 5.41) is 10.2. The predicted molar refractivity (Wildman–Crippen MR) is 78.5 cm³/mol. The summed E-state index contributed by atoms with van der Waals surface area (Å²) in [6.07, 6.45) is 8.29. The van der Waals surface area contributed by atoms with Crippen LogP contribution in [0.5, 0.6) is 5.75 Å². The van der Waals surface area contributed by atoms with Crippen molar-refractivity contribution in [1.29, 1.82) is 0 Å². The number of methoxy groups -OCH3 is 1. The van der Waals surface area contributed by atoms with Gasteiger partial charge in [-0.2, -0.15) is 0 Å². The van der Waals surface area contributed by atoms with Gasteiger partial charge in [-0.1, -0.05) is 50.7 Å². The van der Waals surface area contributed by atoms with E-state index < -0.39 is 6.10 Å². The summed E-state index contributed by atoms with van der Waals surface area (Å²) in [6, 6.07) is 5.11. The topological polar surface area (TPSA) is 29.5 Å². The molecule has 0 heterocycles. The molecule has 112 valence electrons. The van der Waals surface area contributed by atoms with Crippen LogP contribution in [0.25, 0.3) is 0 Å². The Balaban J connectivity index is 1.92. The van der Waals surface area contributed by atoms with Crippen molar-refractivity contribution in [3.05, 3.63) is 29.6 Å². The maximum atomic E-state index is 14.0. The van der Waals surface area contributed by atoms with Crippen molar-refractivity contribution >= 4 is 0 Å². The van der Waals surface area contributed by atoms with Crippen molar-refractivity contribution < 1.29 is 14.2 Å². The monoisotopic (exact) mass is 280 g/mol. The highest BCUT2D eigenvalue weighted by atomic mass is 19.1. The lowest BCUT2D eigenvalue weighted by molar-refractivity contribution is 0.136. The maximum absolute atomic E-state index is 14.0. The Morgan fingerprint density at radius 3 is 2.60 bits per heavy atom. The van der Waals surface area contributed by atoms with Crippen molar-refractivity contribution in [3.63, 3.8) is 0 Å². The number of aliphatic hydroxyl groups excluding tert-OH is 1. The Labute approximate surface area is 121 Å². The zero-order chi connectivity index (χ0) is 14.4. The van der Waals surface area contributed by atoms with Gasteiger partial charge in [0, 0.05) is 6.42 Å². The minimum Gasteiger partial charge on any atom is -0.494 e. The smallest absolute Gasteiger partial charge is 0.168 e. The van der Waals surface area contributed by atoms with Crippen molar-refractivity contribution in [1.82, 2.24) is 0 Å². The van der Waals surface area contributed by atoms with E-state index in [1.807, 2.05) is 0 Å². The molecule has 1 N–H and O–H groups in total. The molecule has 0 aromatic heterocycles. The molecule has 0 aliphatic heterocycles. The fourth-order valence-electron chi connectivity index (χ4n) is 3.19. The zero-order valence-corrected chi connectivity index (χ0v) is 12.3. The first-order valence-corrected chi connectivity index (χ1v) is 7.70. The van der Waals surface area contributed by atoms with E-state index in [4.69, 9.17) is 4.74 Å². The van der Waals surface area contributed by atoms with E-state index in [2.05, 4.69) is 0 Å². The largest absolute Gasteiger partial charge is 0.494 e. The molecule has 1 aromatic carbocycles. The molecule has 0 spiro atoms. The number of ether oxygens (including phenoxy) is 1. The van der Waals surface area contributed by atoms with Crippen molar-refractivity contribution in [2.45, 2.75) is 57.5 Å². The molecule has 1 saturated carbocycles. The maximum Gasteiger partial charge on any atom is 0.168 e. The third-order valence-corrected chi connectivity index (χ3v) is 4.30. The average molecular weight is 280 g/mol. The summed E-state index contributed by atoms with van der Waals surface area (Å²) in [5.74, 6) is 0.514. The van der Waals surface area contributed by atoms with E-state index >= 15 is 0 Å². The molecule has 0 radical (unpaired) electrons. The molecule has 0 bridgehead atoms. The fourth-order valence-corrected chi connectivity index (χ4v) is 3.19. The molecular weight excluding hydrogens is 255 g/mol. The van der Waals surface area contributed by atoms with Gasteiger partial charge in [0.15, 0.2) is 11.6 Å². The molecule has 2 nitrogen and oxygen atoms in total. The number of rotatable bonds is 5. The Kier molecular flexibility index (Phi) is 5.84. The number of halogens is 1. The Morgan fingerprint density at radius 1 is 1.25 bits per heavy atom. The molecule has 1 unspecified atom stereocenters. The lowest BCUT2D eigenvalue weighted by Gasteiger charge is -2.19. The van der Waals surface area contributed by atoms with Crippen molar-refractivity contribution in [2.75, 3.05) is 7.11 Å². The van der Waals surface area contributed by atoms with E-state index in [1.54, 1.807) is 18.2 Å². The van der Waals surface area contributed by atoms with Gasteiger partial charge in [-0.3, -0.25) is 0 Å². The molecule has 1 aliphatic carbocycles. The normalized spacial score (nSPS) is 18.6. The van der Waals surface area contributed by atoms with Gasteiger partial charge in [-0.25, -0.2) is 4.39 Å². The number of benzene rings is 1. The molecule has 0 amide bonds. The SMILES string of the molecule is COc1cccc(CC(O)CC2CCCCCC2)c1F. The lowest BCUT2D eigenvalue weighted by Crippen LogP contribution is -2.17. The Morgan fingerprint density at radius 2 is 1.95 bits per heavy atom.